The topological polar surface area (TPSA) is 159 Å². The Hall–Kier alpha value is -4.22. The van der Waals surface area contributed by atoms with Crippen molar-refractivity contribution < 1.29 is 19.1 Å². The van der Waals surface area contributed by atoms with Crippen LogP contribution in [0.3, 0.4) is 0 Å². The number of pyridine rings is 1. The van der Waals surface area contributed by atoms with Gasteiger partial charge in [-0.05, 0) is 70.6 Å². The fourth-order valence-electron chi connectivity index (χ4n) is 3.26. The van der Waals surface area contributed by atoms with Crippen LogP contribution in [0.5, 0.6) is 0 Å². The highest BCUT2D eigenvalue weighted by Gasteiger charge is 2.22. The van der Waals surface area contributed by atoms with Crippen LogP contribution >= 0.6 is 0 Å². The van der Waals surface area contributed by atoms with Gasteiger partial charge < -0.3 is 26.0 Å². The number of nitrogens with zero attached hydrogens (tertiary/aromatic N) is 3. The van der Waals surface area contributed by atoms with Gasteiger partial charge in [-0.15, -0.1) is 0 Å². The molecule has 12 heteroatoms. The van der Waals surface area contributed by atoms with Gasteiger partial charge in [-0.25, -0.2) is 14.6 Å². The zero-order chi connectivity index (χ0) is 27.5. The summed E-state index contributed by atoms with van der Waals surface area (Å²) in [6.07, 6.45) is 9.59. The first kappa shape index (κ1) is 28.4. The second-order valence-corrected chi connectivity index (χ2v) is 9.90. The lowest BCUT2D eigenvalue weighted by Crippen LogP contribution is -2.32. The Kier molecular flexibility index (Phi) is 9.97. The Bertz CT molecular complexity index is 1160. The van der Waals surface area contributed by atoms with E-state index in [1.807, 2.05) is 13.0 Å². The quantitative estimate of drug-likeness (QED) is 0.294. The summed E-state index contributed by atoms with van der Waals surface area (Å²) in [5.74, 6) is 0.565. The summed E-state index contributed by atoms with van der Waals surface area (Å²) in [5, 5.41) is 13.6. The average Bonchev–Trinajstić information content (AvgIpc) is 3.65. The minimum absolute atomic E-state index is 0.0435. The van der Waals surface area contributed by atoms with Crippen molar-refractivity contribution in [3.8, 4) is 0 Å². The Balaban J connectivity index is 1.56. The van der Waals surface area contributed by atoms with Crippen molar-refractivity contribution in [2.75, 3.05) is 29.0 Å². The maximum Gasteiger partial charge on any atom is 0.407 e. The van der Waals surface area contributed by atoms with Crippen LogP contribution in [0.1, 0.15) is 63.0 Å². The molecule has 1 fully saturated rings. The standard InChI is InChI=1S/C26H36N8O4/c1-5-10-28-21-20(22(35)29-11-6-12-30-25(37)38-26(2,3)4)16-31-23(33-21)34-24(36)32-18-9-13-27-19(15-18)14-17-7-8-17/h6,9,11,13,15-17H,5,7-8,10,12,14H2,1-4H3,(H,29,35)(H,30,37)(H3,27,28,31,32,33,34,36)/b11-6+. The maximum absolute atomic E-state index is 12.7. The zero-order valence-corrected chi connectivity index (χ0v) is 22.3. The number of rotatable bonds is 11. The molecule has 0 atom stereocenters. The van der Waals surface area contributed by atoms with E-state index in [2.05, 4.69) is 41.5 Å². The first-order valence-electron chi connectivity index (χ1n) is 12.7. The lowest BCUT2D eigenvalue weighted by molar-refractivity contribution is 0.0534. The summed E-state index contributed by atoms with van der Waals surface area (Å²) in [6.45, 7) is 8.04. The van der Waals surface area contributed by atoms with Gasteiger partial charge in [0.05, 0.1) is 0 Å². The number of aromatic nitrogens is 3. The number of nitrogens with one attached hydrogen (secondary N) is 5. The molecule has 204 valence electrons. The Morgan fingerprint density at radius 2 is 1.95 bits per heavy atom. The molecule has 4 amide bonds. The number of carbonyl (C=O) groups excluding carboxylic acids is 3. The normalized spacial score (nSPS) is 13.1. The van der Waals surface area contributed by atoms with Gasteiger partial charge in [-0.3, -0.25) is 15.1 Å². The number of anilines is 3. The van der Waals surface area contributed by atoms with Crippen LogP contribution in [0.15, 0.2) is 36.8 Å². The largest absolute Gasteiger partial charge is 0.444 e. The predicted molar refractivity (Wildman–Crippen MR) is 145 cm³/mol. The van der Waals surface area contributed by atoms with Crippen LogP contribution in [-0.4, -0.2) is 51.7 Å². The van der Waals surface area contributed by atoms with E-state index >= 15 is 0 Å². The van der Waals surface area contributed by atoms with E-state index in [4.69, 9.17) is 4.74 Å². The van der Waals surface area contributed by atoms with Gasteiger partial charge in [0.1, 0.15) is 17.0 Å². The SMILES string of the molecule is CCCNc1nc(NC(=O)Nc2ccnc(CC3CC3)c2)ncc1C(=O)N/C=C/CNC(=O)OC(C)(C)C. The Labute approximate surface area is 222 Å². The summed E-state index contributed by atoms with van der Waals surface area (Å²) in [6, 6.07) is 3.07. The molecule has 0 bridgehead atoms. The number of alkyl carbamates (subject to hydrolysis) is 1. The van der Waals surface area contributed by atoms with Crippen LogP contribution in [-0.2, 0) is 11.2 Å². The molecule has 0 spiro atoms. The summed E-state index contributed by atoms with van der Waals surface area (Å²) in [4.78, 5) is 49.7. The van der Waals surface area contributed by atoms with Crippen molar-refractivity contribution in [3.63, 3.8) is 0 Å². The maximum atomic E-state index is 12.7. The van der Waals surface area contributed by atoms with E-state index in [1.165, 1.54) is 25.2 Å². The predicted octanol–water partition coefficient (Wildman–Crippen LogP) is 4.06. The number of carbonyl (C=O) groups is 3. The van der Waals surface area contributed by atoms with E-state index in [9.17, 15) is 14.4 Å². The fourth-order valence-corrected chi connectivity index (χ4v) is 3.26. The Morgan fingerprint density at radius 1 is 1.16 bits per heavy atom. The van der Waals surface area contributed by atoms with Crippen molar-refractivity contribution >= 4 is 35.5 Å². The molecule has 1 saturated carbocycles. The van der Waals surface area contributed by atoms with Gasteiger partial charge in [0.15, 0.2) is 0 Å². The smallest absolute Gasteiger partial charge is 0.407 e. The number of amides is 4. The van der Waals surface area contributed by atoms with Gasteiger partial charge in [-0.2, -0.15) is 4.98 Å². The van der Waals surface area contributed by atoms with Crippen molar-refractivity contribution in [2.24, 2.45) is 5.92 Å². The van der Waals surface area contributed by atoms with E-state index < -0.39 is 23.6 Å². The van der Waals surface area contributed by atoms with Crippen LogP contribution in [0.25, 0.3) is 0 Å². The third-order valence-electron chi connectivity index (χ3n) is 5.17. The molecular weight excluding hydrogens is 488 g/mol. The van der Waals surface area contributed by atoms with Gasteiger partial charge in [0.2, 0.25) is 5.95 Å². The summed E-state index contributed by atoms with van der Waals surface area (Å²) in [5.41, 5.74) is 1.18. The van der Waals surface area contributed by atoms with E-state index in [0.717, 1.165) is 18.5 Å². The first-order valence-corrected chi connectivity index (χ1v) is 12.7. The molecule has 0 aliphatic heterocycles. The lowest BCUT2D eigenvalue weighted by atomic mass is 10.2. The minimum Gasteiger partial charge on any atom is -0.444 e. The molecule has 3 rings (SSSR count). The molecule has 2 aromatic rings. The molecule has 38 heavy (non-hydrogen) atoms. The molecule has 12 nitrogen and oxygen atoms in total. The molecule has 1 aliphatic rings. The van der Waals surface area contributed by atoms with E-state index in [-0.39, 0.29) is 23.9 Å². The number of ether oxygens (including phenoxy) is 1. The first-order chi connectivity index (χ1) is 18.1. The molecule has 0 unspecified atom stereocenters. The van der Waals surface area contributed by atoms with Crippen LogP contribution in [0, 0.1) is 5.92 Å². The van der Waals surface area contributed by atoms with E-state index in [1.54, 1.807) is 39.1 Å². The van der Waals surface area contributed by atoms with Gasteiger partial charge in [-0.1, -0.05) is 6.92 Å². The number of hydrogen-bond acceptors (Lipinski definition) is 8. The highest BCUT2D eigenvalue weighted by molar-refractivity contribution is 6.01. The fraction of sp³-hybridized carbons (Fsp3) is 0.462. The third kappa shape index (κ3) is 10.0. The van der Waals surface area contributed by atoms with Crippen molar-refractivity contribution in [3.05, 3.63) is 48.1 Å². The molecule has 2 aromatic heterocycles. The van der Waals surface area contributed by atoms with Gasteiger partial charge >= 0.3 is 12.1 Å². The van der Waals surface area contributed by atoms with Crippen LogP contribution < -0.4 is 26.6 Å². The molecule has 5 N–H and O–H groups in total. The summed E-state index contributed by atoms with van der Waals surface area (Å²) in [7, 11) is 0. The van der Waals surface area contributed by atoms with Crippen molar-refractivity contribution in [2.45, 2.75) is 59.0 Å². The molecule has 0 aromatic carbocycles. The Morgan fingerprint density at radius 3 is 2.66 bits per heavy atom. The van der Waals surface area contributed by atoms with Crippen LogP contribution in [0.2, 0.25) is 0 Å². The highest BCUT2D eigenvalue weighted by Crippen LogP contribution is 2.32. The van der Waals surface area contributed by atoms with Gasteiger partial charge in [0.25, 0.3) is 5.91 Å². The molecule has 1 aliphatic carbocycles. The second-order valence-electron chi connectivity index (χ2n) is 9.90. The van der Waals surface area contributed by atoms with Crippen molar-refractivity contribution in [1.82, 2.24) is 25.6 Å². The van der Waals surface area contributed by atoms with Crippen LogP contribution in [0.4, 0.5) is 27.0 Å². The third-order valence-corrected chi connectivity index (χ3v) is 5.17. The van der Waals surface area contributed by atoms with E-state index in [0.29, 0.717) is 18.2 Å². The summed E-state index contributed by atoms with van der Waals surface area (Å²) < 4.78 is 5.15. The minimum atomic E-state index is -0.594. The average molecular weight is 525 g/mol. The molecule has 0 radical (unpaired) electrons. The second kappa shape index (κ2) is 13.4. The number of urea groups is 1. The molecule has 2 heterocycles. The molecule has 0 saturated heterocycles. The number of hydrogen-bond donors (Lipinski definition) is 5. The lowest BCUT2D eigenvalue weighted by Gasteiger charge is -2.19. The highest BCUT2D eigenvalue weighted by atomic mass is 16.6. The van der Waals surface area contributed by atoms with Gasteiger partial charge in [0, 0.05) is 43.1 Å². The zero-order valence-electron chi connectivity index (χ0n) is 22.3. The molecular formula is C26H36N8O4. The summed E-state index contributed by atoms with van der Waals surface area (Å²) >= 11 is 0. The monoisotopic (exact) mass is 524 g/mol. The van der Waals surface area contributed by atoms with Crippen molar-refractivity contribution in [1.29, 1.82) is 0 Å².